The third-order valence-corrected chi connectivity index (χ3v) is 2.91. The van der Waals surface area contributed by atoms with Crippen LogP contribution >= 0.6 is 0 Å². The van der Waals surface area contributed by atoms with Gasteiger partial charge in [-0.2, -0.15) is 0 Å². The molecule has 0 saturated carbocycles. The van der Waals surface area contributed by atoms with Crippen LogP contribution in [-0.4, -0.2) is 10.1 Å². The zero-order valence-electron chi connectivity index (χ0n) is 10.6. The van der Waals surface area contributed by atoms with Crippen molar-refractivity contribution in [1.82, 2.24) is 10.1 Å². The molecule has 2 heterocycles. The second-order valence-electron chi connectivity index (χ2n) is 4.42. The van der Waals surface area contributed by atoms with Gasteiger partial charge in [-0.3, -0.25) is 4.98 Å². The maximum atomic E-state index is 5.84. The number of nitrogen functional groups attached to an aromatic ring is 1. The molecule has 3 N–H and O–H groups in total. The summed E-state index contributed by atoms with van der Waals surface area (Å²) in [5.74, 6) is 0.784. The van der Waals surface area contributed by atoms with Gasteiger partial charge < -0.3 is 15.6 Å². The molecule has 0 fully saturated rings. The maximum absolute atomic E-state index is 5.84. The number of nitrogens with zero attached hydrogens (tertiary/aromatic N) is 2. The van der Waals surface area contributed by atoms with Crippen molar-refractivity contribution in [3.05, 3.63) is 48.0 Å². The standard InChI is InChI=1S/C14H14N4O/c1-9-6-14(16-8-11-4-5-17-19-11)12-7-10(15)2-3-13(12)18-9/h2-7H,8,15H2,1H3,(H,16,18). The molecule has 5 heteroatoms. The molecule has 0 spiro atoms. The number of anilines is 2. The van der Waals surface area contributed by atoms with Gasteiger partial charge in [0.05, 0.1) is 18.3 Å². The van der Waals surface area contributed by atoms with Crippen LogP contribution in [0.5, 0.6) is 0 Å². The number of aryl methyl sites for hydroxylation is 1. The minimum absolute atomic E-state index is 0.577. The Bertz CT molecular complexity index is 707. The predicted molar refractivity (Wildman–Crippen MR) is 74.7 cm³/mol. The number of hydrogen-bond donors (Lipinski definition) is 2. The number of fused-ring (bicyclic) bond motifs is 1. The van der Waals surface area contributed by atoms with Crippen molar-refractivity contribution < 1.29 is 4.52 Å². The number of nitrogens with two attached hydrogens (primary N) is 1. The largest absolute Gasteiger partial charge is 0.399 e. The van der Waals surface area contributed by atoms with Crippen molar-refractivity contribution in [1.29, 1.82) is 0 Å². The summed E-state index contributed by atoms with van der Waals surface area (Å²) in [6.45, 7) is 2.54. The van der Waals surface area contributed by atoms with Crippen LogP contribution in [-0.2, 0) is 6.54 Å². The van der Waals surface area contributed by atoms with Crippen molar-refractivity contribution in [2.24, 2.45) is 0 Å². The first kappa shape index (κ1) is 11.5. The fraction of sp³-hybridized carbons (Fsp3) is 0.143. The van der Waals surface area contributed by atoms with Gasteiger partial charge in [-0.25, -0.2) is 0 Å². The fourth-order valence-corrected chi connectivity index (χ4v) is 2.04. The molecular weight excluding hydrogens is 240 g/mol. The van der Waals surface area contributed by atoms with E-state index < -0.39 is 0 Å². The number of aromatic nitrogens is 2. The third-order valence-electron chi connectivity index (χ3n) is 2.91. The summed E-state index contributed by atoms with van der Waals surface area (Å²) in [5, 5.41) is 8.01. The smallest absolute Gasteiger partial charge is 0.155 e. The molecule has 1 aromatic carbocycles. The van der Waals surface area contributed by atoms with E-state index in [-0.39, 0.29) is 0 Å². The molecule has 96 valence electrons. The molecule has 5 nitrogen and oxygen atoms in total. The van der Waals surface area contributed by atoms with Gasteiger partial charge >= 0.3 is 0 Å². The Morgan fingerprint density at radius 2 is 2.16 bits per heavy atom. The first-order valence-electron chi connectivity index (χ1n) is 6.03. The van der Waals surface area contributed by atoms with Gasteiger partial charge in [0.2, 0.25) is 0 Å². The lowest BCUT2D eigenvalue weighted by atomic mass is 10.1. The molecule has 0 saturated heterocycles. The summed E-state index contributed by atoms with van der Waals surface area (Å²) < 4.78 is 5.07. The molecule has 0 unspecified atom stereocenters. The second kappa shape index (κ2) is 4.61. The lowest BCUT2D eigenvalue weighted by molar-refractivity contribution is 0.388. The van der Waals surface area contributed by atoms with Crippen molar-refractivity contribution in [3.63, 3.8) is 0 Å². The first-order valence-corrected chi connectivity index (χ1v) is 6.03. The van der Waals surface area contributed by atoms with Crippen LogP contribution < -0.4 is 11.1 Å². The van der Waals surface area contributed by atoms with Gasteiger partial charge in [0.1, 0.15) is 0 Å². The number of hydrogen-bond acceptors (Lipinski definition) is 5. The van der Waals surface area contributed by atoms with Crippen LogP contribution in [0.15, 0.2) is 41.1 Å². The van der Waals surface area contributed by atoms with Crippen LogP contribution in [0.1, 0.15) is 11.5 Å². The summed E-state index contributed by atoms with van der Waals surface area (Å²) in [5.41, 5.74) is 9.43. The third kappa shape index (κ3) is 2.35. The highest BCUT2D eigenvalue weighted by Gasteiger charge is 2.05. The van der Waals surface area contributed by atoms with Crippen LogP contribution in [0.2, 0.25) is 0 Å². The molecule has 0 bridgehead atoms. The molecule has 3 rings (SSSR count). The normalized spacial score (nSPS) is 10.8. The quantitative estimate of drug-likeness (QED) is 0.703. The zero-order chi connectivity index (χ0) is 13.2. The maximum Gasteiger partial charge on any atom is 0.155 e. The van der Waals surface area contributed by atoms with Crippen molar-refractivity contribution in [3.8, 4) is 0 Å². The van der Waals surface area contributed by atoms with Crippen LogP contribution in [0, 0.1) is 6.92 Å². The van der Waals surface area contributed by atoms with E-state index in [9.17, 15) is 0 Å². The molecule has 0 aliphatic rings. The van der Waals surface area contributed by atoms with Crippen LogP contribution in [0.3, 0.4) is 0 Å². The van der Waals surface area contributed by atoms with E-state index >= 15 is 0 Å². The zero-order valence-corrected chi connectivity index (χ0v) is 10.6. The van der Waals surface area contributed by atoms with E-state index in [0.717, 1.165) is 33.7 Å². The SMILES string of the molecule is Cc1cc(NCc2ccno2)c2cc(N)ccc2n1. The van der Waals surface area contributed by atoms with E-state index in [4.69, 9.17) is 10.3 Å². The molecular formula is C14H14N4O. The lowest BCUT2D eigenvalue weighted by Crippen LogP contribution is -2.01. The van der Waals surface area contributed by atoms with Crippen molar-refractivity contribution in [2.45, 2.75) is 13.5 Å². The summed E-state index contributed by atoms with van der Waals surface area (Å²) in [6, 6.07) is 9.53. The highest BCUT2D eigenvalue weighted by Crippen LogP contribution is 2.25. The summed E-state index contributed by atoms with van der Waals surface area (Å²) in [4.78, 5) is 4.49. The average molecular weight is 254 g/mol. The van der Waals surface area contributed by atoms with E-state index in [0.29, 0.717) is 6.54 Å². The minimum atomic E-state index is 0.577. The molecule has 0 aliphatic carbocycles. The minimum Gasteiger partial charge on any atom is -0.399 e. The van der Waals surface area contributed by atoms with Crippen LogP contribution in [0.4, 0.5) is 11.4 Å². The average Bonchev–Trinajstić information content (AvgIpc) is 2.89. The number of rotatable bonds is 3. The Hall–Kier alpha value is -2.56. The van der Waals surface area contributed by atoms with Crippen molar-refractivity contribution >= 4 is 22.3 Å². The molecule has 0 atom stereocenters. The van der Waals surface area contributed by atoms with E-state index in [2.05, 4.69) is 15.5 Å². The number of benzene rings is 1. The first-order chi connectivity index (χ1) is 9.22. The van der Waals surface area contributed by atoms with Crippen LogP contribution in [0.25, 0.3) is 10.9 Å². The molecule has 0 aliphatic heterocycles. The Labute approximate surface area is 110 Å². The van der Waals surface area contributed by atoms with E-state index in [1.165, 1.54) is 0 Å². The Morgan fingerprint density at radius 1 is 1.26 bits per heavy atom. The molecule has 3 aromatic rings. The van der Waals surface area contributed by atoms with E-state index in [1.807, 2.05) is 37.3 Å². The number of pyridine rings is 1. The Morgan fingerprint density at radius 3 is 2.95 bits per heavy atom. The summed E-state index contributed by atoms with van der Waals surface area (Å²) in [7, 11) is 0. The van der Waals surface area contributed by atoms with Gasteiger partial charge in [0.15, 0.2) is 5.76 Å². The Balaban J connectivity index is 1.99. The van der Waals surface area contributed by atoms with Gasteiger partial charge in [-0.1, -0.05) is 5.16 Å². The van der Waals surface area contributed by atoms with Crippen molar-refractivity contribution in [2.75, 3.05) is 11.1 Å². The van der Waals surface area contributed by atoms with E-state index in [1.54, 1.807) is 6.20 Å². The molecule has 0 amide bonds. The molecule has 19 heavy (non-hydrogen) atoms. The second-order valence-corrected chi connectivity index (χ2v) is 4.42. The lowest BCUT2D eigenvalue weighted by Gasteiger charge is -2.10. The predicted octanol–water partition coefficient (Wildman–Crippen LogP) is 2.73. The number of nitrogens with one attached hydrogen (secondary N) is 1. The summed E-state index contributed by atoms with van der Waals surface area (Å²) >= 11 is 0. The topological polar surface area (TPSA) is 77.0 Å². The highest BCUT2D eigenvalue weighted by atomic mass is 16.5. The summed E-state index contributed by atoms with van der Waals surface area (Å²) in [6.07, 6.45) is 1.63. The van der Waals surface area contributed by atoms with Gasteiger partial charge in [-0.05, 0) is 31.2 Å². The highest BCUT2D eigenvalue weighted by molar-refractivity contribution is 5.93. The molecule has 0 radical (unpaired) electrons. The van der Waals surface area contributed by atoms with Gasteiger partial charge in [0.25, 0.3) is 0 Å². The molecule has 2 aromatic heterocycles. The monoisotopic (exact) mass is 254 g/mol. The van der Waals surface area contributed by atoms with Gasteiger partial charge in [0, 0.05) is 28.5 Å². The van der Waals surface area contributed by atoms with Gasteiger partial charge in [-0.15, -0.1) is 0 Å². The Kier molecular flexibility index (Phi) is 2.79. The fourth-order valence-electron chi connectivity index (χ4n) is 2.04.